The van der Waals surface area contributed by atoms with E-state index in [1.165, 1.54) is 0 Å². The average Bonchev–Trinajstić information content (AvgIpc) is 1.81. The van der Waals surface area contributed by atoms with Gasteiger partial charge in [0.05, 0.1) is 6.54 Å². The van der Waals surface area contributed by atoms with Crippen LogP contribution in [0.3, 0.4) is 0 Å². The second kappa shape index (κ2) is 6.34. The fourth-order valence-electron chi connectivity index (χ4n) is 0.281. The van der Waals surface area contributed by atoms with Crippen molar-refractivity contribution in [2.45, 2.75) is 20.3 Å². The Morgan fingerprint density at radius 2 is 2.12 bits per heavy atom. The molecule has 0 amide bonds. The van der Waals surface area contributed by atoms with E-state index in [4.69, 9.17) is 0 Å². The zero-order valence-electron chi connectivity index (χ0n) is 5.46. The number of nitrogens with zero attached hydrogens (tertiary/aromatic N) is 2. The predicted octanol–water partition coefficient (Wildman–Crippen LogP) is 2.38. The molecule has 2 heteroatoms. The maximum Gasteiger partial charge on any atom is 0.0574 e. The third-order valence-corrected chi connectivity index (χ3v) is 0.631. The fourth-order valence-corrected chi connectivity index (χ4v) is 0.281. The second-order valence-corrected chi connectivity index (χ2v) is 1.37. The van der Waals surface area contributed by atoms with Gasteiger partial charge in [0, 0.05) is 6.20 Å². The van der Waals surface area contributed by atoms with Crippen molar-refractivity contribution in [3.63, 3.8) is 0 Å². The number of hydrogen-bond acceptors (Lipinski definition) is 2. The molecule has 0 aliphatic rings. The highest BCUT2D eigenvalue weighted by Gasteiger charge is 1.62. The van der Waals surface area contributed by atoms with Crippen molar-refractivity contribution >= 4 is 0 Å². The van der Waals surface area contributed by atoms with E-state index in [9.17, 15) is 0 Å². The first-order valence-corrected chi connectivity index (χ1v) is 2.93. The Hall–Kier alpha value is -0.660. The maximum atomic E-state index is 3.75. The summed E-state index contributed by atoms with van der Waals surface area (Å²) in [7, 11) is 0. The van der Waals surface area contributed by atoms with Crippen molar-refractivity contribution < 1.29 is 0 Å². The lowest BCUT2D eigenvalue weighted by Gasteiger charge is -1.74. The van der Waals surface area contributed by atoms with Gasteiger partial charge < -0.3 is 0 Å². The second-order valence-electron chi connectivity index (χ2n) is 1.37. The molecule has 8 heavy (non-hydrogen) atoms. The summed E-state index contributed by atoms with van der Waals surface area (Å²) >= 11 is 0. The predicted molar refractivity (Wildman–Crippen MR) is 34.8 cm³/mol. The van der Waals surface area contributed by atoms with Crippen LogP contribution in [0.25, 0.3) is 0 Å². The molecule has 0 saturated carbocycles. The number of allylic oxidation sites excluding steroid dienone is 1. The molecule has 0 radical (unpaired) electrons. The SMILES string of the molecule is CC/C=C\N=NCC. The molecule has 0 heterocycles. The first kappa shape index (κ1) is 7.34. The zero-order valence-corrected chi connectivity index (χ0v) is 5.46. The van der Waals surface area contributed by atoms with E-state index in [1.54, 1.807) is 6.20 Å². The zero-order chi connectivity index (χ0) is 6.24. The molecular formula is C6H12N2. The molecule has 0 aromatic rings. The summed E-state index contributed by atoms with van der Waals surface area (Å²) in [4.78, 5) is 0. The van der Waals surface area contributed by atoms with E-state index < -0.39 is 0 Å². The first-order valence-electron chi connectivity index (χ1n) is 2.93. The van der Waals surface area contributed by atoms with Gasteiger partial charge in [-0.15, -0.1) is 0 Å². The van der Waals surface area contributed by atoms with Crippen LogP contribution >= 0.6 is 0 Å². The largest absolute Gasteiger partial charge is 0.190 e. The standard InChI is InChI=1S/C6H12N2/c1-3-5-6-8-7-4-2/h5-6H,3-4H2,1-2H3/b6-5-,8-7?. The van der Waals surface area contributed by atoms with Gasteiger partial charge in [0.2, 0.25) is 0 Å². The summed E-state index contributed by atoms with van der Waals surface area (Å²) in [5.74, 6) is 0. The quantitative estimate of drug-likeness (QED) is 0.501. The molecular weight excluding hydrogens is 100 g/mol. The third-order valence-electron chi connectivity index (χ3n) is 0.631. The molecule has 0 aromatic carbocycles. The van der Waals surface area contributed by atoms with Crippen molar-refractivity contribution in [3.05, 3.63) is 12.3 Å². The van der Waals surface area contributed by atoms with Gasteiger partial charge in [-0.2, -0.15) is 10.2 Å². The number of azo groups is 1. The summed E-state index contributed by atoms with van der Waals surface area (Å²) in [5.41, 5.74) is 0. The van der Waals surface area contributed by atoms with Crippen molar-refractivity contribution in [1.29, 1.82) is 0 Å². The molecule has 0 aliphatic carbocycles. The molecule has 0 fully saturated rings. The number of hydrogen-bond donors (Lipinski definition) is 0. The van der Waals surface area contributed by atoms with Crippen molar-refractivity contribution in [3.8, 4) is 0 Å². The summed E-state index contributed by atoms with van der Waals surface area (Å²) in [6, 6.07) is 0. The molecule has 0 bridgehead atoms. The van der Waals surface area contributed by atoms with Gasteiger partial charge in [-0.3, -0.25) is 0 Å². The monoisotopic (exact) mass is 112 g/mol. The van der Waals surface area contributed by atoms with E-state index in [0.29, 0.717) is 0 Å². The molecule has 0 unspecified atom stereocenters. The van der Waals surface area contributed by atoms with Gasteiger partial charge in [-0.25, -0.2) is 0 Å². The van der Waals surface area contributed by atoms with Crippen LogP contribution in [0.2, 0.25) is 0 Å². The Bertz CT molecular complexity index is 72.5. The topological polar surface area (TPSA) is 24.7 Å². The van der Waals surface area contributed by atoms with E-state index >= 15 is 0 Å². The van der Waals surface area contributed by atoms with Gasteiger partial charge in [0.25, 0.3) is 0 Å². The third kappa shape index (κ3) is 5.34. The van der Waals surface area contributed by atoms with Crippen LogP contribution in [0, 0.1) is 0 Å². The Balaban J connectivity index is 3.13. The van der Waals surface area contributed by atoms with Crippen molar-refractivity contribution in [2.24, 2.45) is 10.2 Å². The van der Waals surface area contributed by atoms with E-state index in [1.807, 2.05) is 13.0 Å². The van der Waals surface area contributed by atoms with Crippen LogP contribution in [-0.2, 0) is 0 Å². The Kier molecular flexibility index (Phi) is 5.82. The molecule has 0 saturated heterocycles. The van der Waals surface area contributed by atoms with E-state index in [2.05, 4.69) is 17.2 Å². The van der Waals surface area contributed by atoms with Gasteiger partial charge in [0.15, 0.2) is 0 Å². The number of rotatable bonds is 3. The van der Waals surface area contributed by atoms with Gasteiger partial charge >= 0.3 is 0 Å². The van der Waals surface area contributed by atoms with Crippen molar-refractivity contribution in [2.75, 3.05) is 6.54 Å². The molecule has 0 N–H and O–H groups in total. The Morgan fingerprint density at radius 3 is 2.62 bits per heavy atom. The molecule has 2 nitrogen and oxygen atoms in total. The highest BCUT2D eigenvalue weighted by Crippen LogP contribution is 1.81. The van der Waals surface area contributed by atoms with Crippen LogP contribution in [0.1, 0.15) is 20.3 Å². The fraction of sp³-hybridized carbons (Fsp3) is 0.667. The van der Waals surface area contributed by atoms with E-state index in [0.717, 1.165) is 13.0 Å². The van der Waals surface area contributed by atoms with Crippen LogP contribution in [0.5, 0.6) is 0 Å². The lowest BCUT2D eigenvalue weighted by atomic mass is 10.5. The first-order chi connectivity index (χ1) is 3.91. The Labute approximate surface area is 50.3 Å². The minimum Gasteiger partial charge on any atom is -0.190 e. The minimum absolute atomic E-state index is 0.772. The van der Waals surface area contributed by atoms with Gasteiger partial charge in [-0.05, 0) is 13.3 Å². The summed E-state index contributed by atoms with van der Waals surface area (Å²) in [6.07, 6.45) is 4.73. The summed E-state index contributed by atoms with van der Waals surface area (Å²) in [5, 5.41) is 7.47. The molecule has 0 aliphatic heterocycles. The van der Waals surface area contributed by atoms with Gasteiger partial charge in [-0.1, -0.05) is 13.0 Å². The van der Waals surface area contributed by atoms with Gasteiger partial charge in [0.1, 0.15) is 0 Å². The molecule has 46 valence electrons. The highest BCUT2D eigenvalue weighted by molar-refractivity contribution is 4.75. The smallest absolute Gasteiger partial charge is 0.0574 e. The summed E-state index contributed by atoms with van der Waals surface area (Å²) < 4.78 is 0. The lowest BCUT2D eigenvalue weighted by molar-refractivity contribution is 0.997. The minimum atomic E-state index is 0.772. The van der Waals surface area contributed by atoms with Crippen LogP contribution in [-0.4, -0.2) is 6.54 Å². The lowest BCUT2D eigenvalue weighted by Crippen LogP contribution is -1.59. The maximum absolute atomic E-state index is 3.75. The van der Waals surface area contributed by atoms with Crippen LogP contribution < -0.4 is 0 Å². The van der Waals surface area contributed by atoms with Crippen molar-refractivity contribution in [1.82, 2.24) is 0 Å². The average molecular weight is 112 g/mol. The molecule has 0 spiro atoms. The summed E-state index contributed by atoms with van der Waals surface area (Å²) in [6.45, 7) is 4.80. The van der Waals surface area contributed by atoms with E-state index in [-0.39, 0.29) is 0 Å². The van der Waals surface area contributed by atoms with Crippen LogP contribution in [0.4, 0.5) is 0 Å². The highest BCUT2D eigenvalue weighted by atomic mass is 15.1. The van der Waals surface area contributed by atoms with Crippen LogP contribution in [0.15, 0.2) is 22.5 Å². The normalized spacial score (nSPS) is 11.8. The molecule has 0 aromatic heterocycles. The molecule has 0 atom stereocenters. The molecule has 0 rings (SSSR count). The Morgan fingerprint density at radius 1 is 1.38 bits per heavy atom.